The van der Waals surface area contributed by atoms with Gasteiger partial charge in [0.1, 0.15) is 0 Å². The second-order valence-electron chi connectivity index (χ2n) is 3.15. The Morgan fingerprint density at radius 1 is 1.33 bits per heavy atom. The van der Waals surface area contributed by atoms with Crippen LogP contribution < -0.4 is 5.73 Å². The van der Waals surface area contributed by atoms with Crippen molar-refractivity contribution in [1.29, 1.82) is 0 Å². The molecule has 0 bridgehead atoms. The van der Waals surface area contributed by atoms with Gasteiger partial charge in [0, 0.05) is 6.42 Å². The van der Waals surface area contributed by atoms with Crippen molar-refractivity contribution in [2.24, 2.45) is 11.7 Å². The number of esters is 1. The van der Waals surface area contributed by atoms with Crippen LogP contribution in [0, 0.1) is 5.92 Å². The van der Waals surface area contributed by atoms with Gasteiger partial charge in [-0.2, -0.15) is 0 Å². The first-order valence-electron chi connectivity index (χ1n) is 4.18. The van der Waals surface area contributed by atoms with Crippen LogP contribution in [0.1, 0.15) is 32.1 Å². The first-order chi connectivity index (χ1) is 5.68. The Morgan fingerprint density at radius 3 is 2.42 bits per heavy atom. The van der Waals surface area contributed by atoms with Crippen LogP contribution in [0.5, 0.6) is 0 Å². The fraction of sp³-hybridized carbons (Fsp3) is 0.750. The van der Waals surface area contributed by atoms with Gasteiger partial charge in [0.2, 0.25) is 0 Å². The molecule has 68 valence electrons. The highest BCUT2D eigenvalue weighted by atomic mass is 16.6. The SMILES string of the molecule is NC(=O)OC(=O)CC1CCCC1. The Bertz CT molecular complexity index is 185. The minimum atomic E-state index is -1.00. The van der Waals surface area contributed by atoms with Gasteiger partial charge in [-0.25, -0.2) is 4.79 Å². The topological polar surface area (TPSA) is 69.4 Å². The summed E-state index contributed by atoms with van der Waals surface area (Å²) in [6, 6.07) is 0. The van der Waals surface area contributed by atoms with Gasteiger partial charge in [0.25, 0.3) is 0 Å². The number of carbonyl (C=O) groups excluding carboxylic acids is 2. The third-order valence-electron chi connectivity index (χ3n) is 2.14. The lowest BCUT2D eigenvalue weighted by molar-refractivity contribution is -0.138. The highest BCUT2D eigenvalue weighted by molar-refractivity contribution is 5.83. The molecular weight excluding hydrogens is 158 g/mol. The molecule has 1 amide bonds. The number of ether oxygens (including phenoxy) is 1. The molecule has 0 aromatic heterocycles. The summed E-state index contributed by atoms with van der Waals surface area (Å²) in [5.41, 5.74) is 4.69. The Hall–Kier alpha value is -1.06. The normalized spacial score (nSPS) is 17.7. The van der Waals surface area contributed by atoms with Crippen LogP contribution in [0.25, 0.3) is 0 Å². The molecule has 12 heavy (non-hydrogen) atoms. The number of nitrogens with two attached hydrogens (primary N) is 1. The van der Waals surface area contributed by atoms with E-state index in [2.05, 4.69) is 10.5 Å². The molecule has 0 heterocycles. The highest BCUT2D eigenvalue weighted by Gasteiger charge is 2.19. The molecule has 0 saturated heterocycles. The third kappa shape index (κ3) is 2.90. The molecule has 1 saturated carbocycles. The maximum atomic E-state index is 10.9. The molecule has 1 aliphatic rings. The van der Waals surface area contributed by atoms with E-state index in [0.717, 1.165) is 12.8 Å². The van der Waals surface area contributed by atoms with Gasteiger partial charge in [0.15, 0.2) is 0 Å². The molecule has 1 rings (SSSR count). The molecule has 0 aromatic carbocycles. The summed E-state index contributed by atoms with van der Waals surface area (Å²) in [4.78, 5) is 21.0. The van der Waals surface area contributed by atoms with E-state index in [1.54, 1.807) is 0 Å². The summed E-state index contributed by atoms with van der Waals surface area (Å²) in [7, 11) is 0. The highest BCUT2D eigenvalue weighted by Crippen LogP contribution is 2.27. The van der Waals surface area contributed by atoms with Gasteiger partial charge >= 0.3 is 12.1 Å². The van der Waals surface area contributed by atoms with Crippen LogP contribution in [0.4, 0.5) is 4.79 Å². The van der Waals surface area contributed by atoms with Crippen molar-refractivity contribution in [3.05, 3.63) is 0 Å². The monoisotopic (exact) mass is 171 g/mol. The van der Waals surface area contributed by atoms with Gasteiger partial charge in [-0.1, -0.05) is 12.8 Å². The lowest BCUT2D eigenvalue weighted by Crippen LogP contribution is -2.19. The zero-order valence-corrected chi connectivity index (χ0v) is 6.91. The molecule has 0 aromatic rings. The Labute approximate surface area is 71.1 Å². The molecule has 1 aliphatic carbocycles. The van der Waals surface area contributed by atoms with Gasteiger partial charge in [-0.05, 0) is 18.8 Å². The number of amides is 1. The van der Waals surface area contributed by atoms with Crippen LogP contribution in [0.3, 0.4) is 0 Å². The Kier molecular flexibility index (Phi) is 3.08. The van der Waals surface area contributed by atoms with Gasteiger partial charge in [0.05, 0.1) is 0 Å². The molecule has 0 spiro atoms. The quantitative estimate of drug-likeness (QED) is 0.501. The largest absolute Gasteiger partial charge is 0.412 e. The number of carbonyl (C=O) groups is 2. The third-order valence-corrected chi connectivity index (χ3v) is 2.14. The number of rotatable bonds is 2. The lowest BCUT2D eigenvalue weighted by atomic mass is 10.1. The molecule has 2 N–H and O–H groups in total. The van der Waals surface area contributed by atoms with Crippen molar-refractivity contribution in [2.75, 3.05) is 0 Å². The van der Waals surface area contributed by atoms with E-state index in [4.69, 9.17) is 0 Å². The predicted molar refractivity (Wildman–Crippen MR) is 42.3 cm³/mol. The molecule has 0 atom stereocenters. The smallest absolute Gasteiger partial charge is 0.376 e. The summed E-state index contributed by atoms with van der Waals surface area (Å²) in [6.45, 7) is 0. The fourth-order valence-corrected chi connectivity index (χ4v) is 1.60. The summed E-state index contributed by atoms with van der Waals surface area (Å²) in [5.74, 6) is -0.0914. The van der Waals surface area contributed by atoms with E-state index in [0.29, 0.717) is 12.3 Å². The summed E-state index contributed by atoms with van der Waals surface area (Å²) >= 11 is 0. The van der Waals surface area contributed by atoms with E-state index < -0.39 is 12.1 Å². The van der Waals surface area contributed by atoms with Gasteiger partial charge in [-0.15, -0.1) is 0 Å². The van der Waals surface area contributed by atoms with Crippen molar-refractivity contribution < 1.29 is 14.3 Å². The van der Waals surface area contributed by atoms with E-state index in [1.165, 1.54) is 12.8 Å². The molecule has 0 aliphatic heterocycles. The van der Waals surface area contributed by atoms with Crippen LogP contribution in [-0.4, -0.2) is 12.1 Å². The molecule has 4 nitrogen and oxygen atoms in total. The van der Waals surface area contributed by atoms with Crippen LogP contribution in [0.2, 0.25) is 0 Å². The van der Waals surface area contributed by atoms with Crippen molar-refractivity contribution in [3.63, 3.8) is 0 Å². The van der Waals surface area contributed by atoms with Crippen LogP contribution in [-0.2, 0) is 9.53 Å². The maximum absolute atomic E-state index is 10.9. The molecule has 0 unspecified atom stereocenters. The zero-order valence-electron chi connectivity index (χ0n) is 6.91. The average Bonchev–Trinajstić information content (AvgIpc) is 2.37. The van der Waals surface area contributed by atoms with E-state index >= 15 is 0 Å². The van der Waals surface area contributed by atoms with Crippen LogP contribution in [0.15, 0.2) is 0 Å². The van der Waals surface area contributed by atoms with Gasteiger partial charge in [-0.3, -0.25) is 4.79 Å². The van der Waals surface area contributed by atoms with Gasteiger partial charge < -0.3 is 10.5 Å². The minimum absolute atomic E-state index is 0.336. The average molecular weight is 171 g/mol. The fourth-order valence-electron chi connectivity index (χ4n) is 1.60. The molecule has 1 fully saturated rings. The minimum Gasteiger partial charge on any atom is -0.376 e. The number of hydrogen-bond acceptors (Lipinski definition) is 3. The second kappa shape index (κ2) is 4.09. The van der Waals surface area contributed by atoms with Crippen LogP contribution >= 0.6 is 0 Å². The molecule has 0 radical (unpaired) electrons. The summed E-state index contributed by atoms with van der Waals surface area (Å²) in [6.07, 6.45) is 3.81. The van der Waals surface area contributed by atoms with Crippen molar-refractivity contribution >= 4 is 12.1 Å². The zero-order chi connectivity index (χ0) is 8.97. The number of primary amides is 1. The standard InChI is InChI=1S/C8H13NO3/c9-8(11)12-7(10)5-6-3-1-2-4-6/h6H,1-5H2,(H2,9,11). The lowest BCUT2D eigenvalue weighted by Gasteiger charge is -2.05. The second-order valence-corrected chi connectivity index (χ2v) is 3.15. The first kappa shape index (κ1) is 9.03. The van der Waals surface area contributed by atoms with E-state index in [1.807, 2.05) is 0 Å². The first-order valence-corrected chi connectivity index (χ1v) is 4.18. The number of hydrogen-bond donors (Lipinski definition) is 1. The van der Waals surface area contributed by atoms with Crippen molar-refractivity contribution in [3.8, 4) is 0 Å². The Morgan fingerprint density at radius 2 is 1.92 bits per heavy atom. The van der Waals surface area contributed by atoms with E-state index in [9.17, 15) is 9.59 Å². The Balaban J connectivity index is 2.20. The van der Waals surface area contributed by atoms with E-state index in [-0.39, 0.29) is 0 Å². The molecular formula is C8H13NO3. The summed E-state index contributed by atoms with van der Waals surface area (Å²) < 4.78 is 4.21. The predicted octanol–water partition coefficient (Wildman–Crippen LogP) is 1.19. The maximum Gasteiger partial charge on any atom is 0.412 e. The van der Waals surface area contributed by atoms with Crippen molar-refractivity contribution in [2.45, 2.75) is 32.1 Å². The summed E-state index contributed by atoms with van der Waals surface area (Å²) in [5, 5.41) is 0. The molecule has 4 heteroatoms. The van der Waals surface area contributed by atoms with Crippen molar-refractivity contribution in [1.82, 2.24) is 0 Å².